The third-order valence-corrected chi connectivity index (χ3v) is 2.41. The standard InChI is InChI=1S/C13H14.2CH4/c1-11-6-5-9-13(10-11)12-7-3-2-4-8-12;;/h2-4,7-10H,5-6H2,1H3;2*1H4. The molecule has 0 heteroatoms. The van der Waals surface area contributed by atoms with Gasteiger partial charge in [-0.3, -0.25) is 0 Å². The Hall–Kier alpha value is -1.30. The smallest absolute Gasteiger partial charge is 0.0187 e. The molecule has 0 spiro atoms. The van der Waals surface area contributed by atoms with Crippen molar-refractivity contribution in [3.63, 3.8) is 0 Å². The molecule has 0 aliphatic heterocycles. The van der Waals surface area contributed by atoms with Crippen LogP contribution in [0.4, 0.5) is 0 Å². The minimum absolute atomic E-state index is 0. The van der Waals surface area contributed by atoms with Gasteiger partial charge in [0.25, 0.3) is 0 Å². The highest BCUT2D eigenvalue weighted by Crippen LogP contribution is 2.24. The Bertz CT molecular complexity index is 342. The molecule has 1 aliphatic rings. The molecule has 1 aromatic carbocycles. The predicted molar refractivity (Wildman–Crippen MR) is 70.9 cm³/mol. The van der Waals surface area contributed by atoms with E-state index >= 15 is 0 Å². The van der Waals surface area contributed by atoms with E-state index in [1.807, 2.05) is 0 Å². The maximum absolute atomic E-state index is 2.32. The van der Waals surface area contributed by atoms with Crippen molar-refractivity contribution in [3.8, 4) is 0 Å². The molecule has 1 aliphatic carbocycles. The third-order valence-electron chi connectivity index (χ3n) is 2.41. The molecule has 0 saturated heterocycles. The fraction of sp³-hybridized carbons (Fsp3) is 0.333. The molecule has 0 amide bonds. The van der Waals surface area contributed by atoms with Crippen LogP contribution >= 0.6 is 0 Å². The van der Waals surface area contributed by atoms with Crippen molar-refractivity contribution >= 4 is 5.57 Å². The highest BCUT2D eigenvalue weighted by atomic mass is 14.1. The van der Waals surface area contributed by atoms with Crippen molar-refractivity contribution in [2.75, 3.05) is 0 Å². The molecular formula is C15H22. The summed E-state index contributed by atoms with van der Waals surface area (Å²) in [7, 11) is 0. The van der Waals surface area contributed by atoms with Crippen LogP contribution in [0.2, 0.25) is 0 Å². The number of hydrogen-bond acceptors (Lipinski definition) is 0. The molecule has 0 nitrogen and oxygen atoms in total. The molecule has 0 N–H and O–H groups in total. The van der Waals surface area contributed by atoms with E-state index in [4.69, 9.17) is 0 Å². The minimum atomic E-state index is 0. The molecule has 1 aromatic rings. The van der Waals surface area contributed by atoms with Crippen LogP contribution in [-0.2, 0) is 0 Å². The van der Waals surface area contributed by atoms with Crippen LogP contribution in [0.15, 0.2) is 48.1 Å². The topological polar surface area (TPSA) is 0 Å². The van der Waals surface area contributed by atoms with E-state index in [0.717, 1.165) is 0 Å². The van der Waals surface area contributed by atoms with Gasteiger partial charge in [-0.1, -0.05) is 62.9 Å². The lowest BCUT2D eigenvalue weighted by Crippen LogP contribution is -1.89. The first-order valence-corrected chi connectivity index (χ1v) is 4.79. The highest BCUT2D eigenvalue weighted by molar-refractivity contribution is 5.75. The molecule has 0 fully saturated rings. The Morgan fingerprint density at radius 1 is 1.00 bits per heavy atom. The summed E-state index contributed by atoms with van der Waals surface area (Å²) in [4.78, 5) is 0. The Labute approximate surface area is 94.3 Å². The van der Waals surface area contributed by atoms with E-state index in [9.17, 15) is 0 Å². The molecule has 0 bridgehead atoms. The van der Waals surface area contributed by atoms with Crippen LogP contribution in [0.5, 0.6) is 0 Å². The van der Waals surface area contributed by atoms with Crippen LogP contribution < -0.4 is 0 Å². The average Bonchev–Trinajstić information content (AvgIpc) is 2.19. The van der Waals surface area contributed by atoms with Crippen molar-refractivity contribution in [2.24, 2.45) is 0 Å². The summed E-state index contributed by atoms with van der Waals surface area (Å²) in [5.41, 5.74) is 4.20. The fourth-order valence-electron chi connectivity index (χ4n) is 1.68. The first-order valence-electron chi connectivity index (χ1n) is 4.79. The van der Waals surface area contributed by atoms with Crippen LogP contribution in [0.3, 0.4) is 0 Å². The van der Waals surface area contributed by atoms with Gasteiger partial charge in [0.1, 0.15) is 0 Å². The van der Waals surface area contributed by atoms with Crippen LogP contribution in [0, 0.1) is 0 Å². The second-order valence-corrected chi connectivity index (χ2v) is 3.55. The number of benzene rings is 1. The van der Waals surface area contributed by atoms with E-state index < -0.39 is 0 Å². The summed E-state index contributed by atoms with van der Waals surface area (Å²) in [6, 6.07) is 10.6. The van der Waals surface area contributed by atoms with Gasteiger partial charge >= 0.3 is 0 Å². The van der Waals surface area contributed by atoms with Gasteiger partial charge in [0, 0.05) is 0 Å². The van der Waals surface area contributed by atoms with Crippen LogP contribution in [0.25, 0.3) is 5.57 Å². The lowest BCUT2D eigenvalue weighted by atomic mass is 9.96. The second kappa shape index (κ2) is 6.23. The summed E-state index contributed by atoms with van der Waals surface area (Å²) < 4.78 is 0. The van der Waals surface area contributed by atoms with E-state index in [1.165, 1.54) is 29.6 Å². The Kier molecular flexibility index (Phi) is 5.69. The molecular weight excluding hydrogens is 180 g/mol. The van der Waals surface area contributed by atoms with Gasteiger partial charge in [-0.25, -0.2) is 0 Å². The van der Waals surface area contributed by atoms with E-state index in [1.54, 1.807) is 0 Å². The second-order valence-electron chi connectivity index (χ2n) is 3.55. The summed E-state index contributed by atoms with van der Waals surface area (Å²) in [6.45, 7) is 2.20. The van der Waals surface area contributed by atoms with Crippen molar-refractivity contribution in [2.45, 2.75) is 34.6 Å². The first-order chi connectivity index (χ1) is 6.36. The molecule has 15 heavy (non-hydrogen) atoms. The quantitative estimate of drug-likeness (QED) is 0.595. The summed E-state index contributed by atoms with van der Waals surface area (Å²) in [5.74, 6) is 0. The lowest BCUT2D eigenvalue weighted by Gasteiger charge is -2.10. The monoisotopic (exact) mass is 202 g/mol. The molecule has 0 unspecified atom stereocenters. The Morgan fingerprint density at radius 2 is 1.67 bits per heavy atom. The normalized spacial score (nSPS) is 14.2. The van der Waals surface area contributed by atoms with Gasteiger partial charge in [-0.15, -0.1) is 0 Å². The molecule has 0 radical (unpaired) electrons. The van der Waals surface area contributed by atoms with Gasteiger partial charge in [0.2, 0.25) is 0 Å². The van der Waals surface area contributed by atoms with Gasteiger partial charge < -0.3 is 0 Å². The van der Waals surface area contributed by atoms with Crippen molar-refractivity contribution in [3.05, 3.63) is 53.6 Å². The number of allylic oxidation sites excluding steroid dienone is 4. The fourth-order valence-corrected chi connectivity index (χ4v) is 1.68. The van der Waals surface area contributed by atoms with E-state index in [-0.39, 0.29) is 14.9 Å². The van der Waals surface area contributed by atoms with Gasteiger partial charge in [-0.05, 0) is 30.9 Å². The zero-order chi connectivity index (χ0) is 9.10. The predicted octanol–water partition coefficient (Wildman–Crippen LogP) is 5.08. The van der Waals surface area contributed by atoms with Gasteiger partial charge in [0.05, 0.1) is 0 Å². The maximum atomic E-state index is 2.32. The van der Waals surface area contributed by atoms with Crippen LogP contribution in [-0.4, -0.2) is 0 Å². The van der Waals surface area contributed by atoms with Crippen molar-refractivity contribution in [1.29, 1.82) is 0 Å². The first kappa shape index (κ1) is 13.7. The third kappa shape index (κ3) is 3.39. The number of hydrogen-bond donors (Lipinski definition) is 0. The largest absolute Gasteiger partial charge is 0.0776 e. The molecule has 0 heterocycles. The van der Waals surface area contributed by atoms with E-state index in [2.05, 4.69) is 49.4 Å². The lowest BCUT2D eigenvalue weighted by molar-refractivity contribution is 0.966. The average molecular weight is 202 g/mol. The summed E-state index contributed by atoms with van der Waals surface area (Å²) >= 11 is 0. The van der Waals surface area contributed by atoms with E-state index in [0.29, 0.717) is 0 Å². The number of rotatable bonds is 1. The molecule has 0 aromatic heterocycles. The molecule has 0 saturated carbocycles. The zero-order valence-corrected chi connectivity index (χ0v) is 7.96. The summed E-state index contributed by atoms with van der Waals surface area (Å²) in [6.07, 6.45) is 7.02. The Morgan fingerprint density at radius 3 is 2.27 bits per heavy atom. The van der Waals surface area contributed by atoms with Crippen molar-refractivity contribution in [1.82, 2.24) is 0 Å². The summed E-state index contributed by atoms with van der Waals surface area (Å²) in [5, 5.41) is 0. The van der Waals surface area contributed by atoms with Crippen molar-refractivity contribution < 1.29 is 0 Å². The van der Waals surface area contributed by atoms with Crippen LogP contribution in [0.1, 0.15) is 40.2 Å². The zero-order valence-electron chi connectivity index (χ0n) is 7.96. The highest BCUT2D eigenvalue weighted by Gasteiger charge is 2.02. The molecule has 82 valence electrons. The molecule has 0 atom stereocenters. The Balaban J connectivity index is 0.000000980. The SMILES string of the molecule is C.C.CC1=CC(c2ccccc2)=CCC1. The van der Waals surface area contributed by atoms with Gasteiger partial charge in [0.15, 0.2) is 0 Å². The maximum Gasteiger partial charge on any atom is -0.0187 e. The molecule has 2 rings (SSSR count). The minimum Gasteiger partial charge on any atom is -0.0776 e. The van der Waals surface area contributed by atoms with Gasteiger partial charge in [-0.2, -0.15) is 0 Å².